The Hall–Kier alpha value is -2.16. The number of rotatable bonds is 6. The van der Waals surface area contributed by atoms with Crippen LogP contribution in [0, 0.1) is 5.92 Å². The van der Waals surface area contributed by atoms with Gasteiger partial charge in [0.15, 0.2) is 5.82 Å². The third-order valence-corrected chi connectivity index (χ3v) is 4.57. The van der Waals surface area contributed by atoms with E-state index in [-0.39, 0.29) is 11.7 Å². The van der Waals surface area contributed by atoms with E-state index < -0.39 is 11.9 Å². The van der Waals surface area contributed by atoms with E-state index in [1.165, 1.54) is 6.07 Å². The summed E-state index contributed by atoms with van der Waals surface area (Å²) >= 11 is 0. The highest BCUT2D eigenvalue weighted by molar-refractivity contribution is 5.24. The van der Waals surface area contributed by atoms with Crippen LogP contribution in [-0.4, -0.2) is 39.7 Å². The molecule has 2 aromatic heterocycles. The Morgan fingerprint density at radius 1 is 1.30 bits per heavy atom. The Kier molecular flexibility index (Phi) is 5.98. The lowest BCUT2D eigenvalue weighted by Gasteiger charge is -2.30. The minimum atomic E-state index is -4.46. The zero-order valence-electron chi connectivity index (χ0n) is 15.4. The number of piperidine rings is 1. The number of hydrogen-bond acceptors (Lipinski definition) is 6. The number of alkyl halides is 3. The summed E-state index contributed by atoms with van der Waals surface area (Å²) in [5, 5.41) is 3.97. The van der Waals surface area contributed by atoms with Crippen LogP contribution in [0.3, 0.4) is 0 Å². The molecule has 27 heavy (non-hydrogen) atoms. The molecule has 6 nitrogen and oxygen atoms in total. The second-order valence-corrected chi connectivity index (χ2v) is 7.11. The largest absolute Gasteiger partial charge is 0.493 e. The Bertz CT molecular complexity index is 740. The fourth-order valence-corrected chi connectivity index (χ4v) is 2.94. The van der Waals surface area contributed by atoms with Gasteiger partial charge in [-0.3, -0.25) is 9.88 Å². The van der Waals surface area contributed by atoms with Gasteiger partial charge in [0.2, 0.25) is 5.89 Å². The molecule has 2 aromatic rings. The van der Waals surface area contributed by atoms with Gasteiger partial charge in [0.1, 0.15) is 11.4 Å². The van der Waals surface area contributed by atoms with Gasteiger partial charge in [-0.15, -0.1) is 0 Å². The van der Waals surface area contributed by atoms with Gasteiger partial charge in [0.25, 0.3) is 0 Å². The molecule has 0 radical (unpaired) electrons. The SMILES string of the molecule is CC(C)c1noc(CN2CCC(COc3ccnc(C(F)(F)F)c3)CC2)n1. The first-order valence-corrected chi connectivity index (χ1v) is 9.02. The van der Waals surface area contributed by atoms with Gasteiger partial charge in [-0.05, 0) is 37.9 Å². The molecule has 1 saturated heterocycles. The van der Waals surface area contributed by atoms with E-state index in [9.17, 15) is 13.2 Å². The smallest absolute Gasteiger partial charge is 0.433 e. The normalized spacial score (nSPS) is 16.8. The molecule has 3 rings (SSSR count). The first-order valence-electron chi connectivity index (χ1n) is 9.02. The van der Waals surface area contributed by atoms with Crippen molar-refractivity contribution in [1.29, 1.82) is 0 Å². The van der Waals surface area contributed by atoms with Gasteiger partial charge >= 0.3 is 6.18 Å². The lowest BCUT2D eigenvalue weighted by atomic mass is 9.98. The highest BCUT2D eigenvalue weighted by Crippen LogP contribution is 2.30. The topological polar surface area (TPSA) is 64.3 Å². The molecule has 0 N–H and O–H groups in total. The van der Waals surface area contributed by atoms with Crippen LogP contribution >= 0.6 is 0 Å². The summed E-state index contributed by atoms with van der Waals surface area (Å²) in [6.45, 7) is 6.76. The Labute approximate surface area is 155 Å². The van der Waals surface area contributed by atoms with E-state index in [2.05, 4.69) is 20.0 Å². The second kappa shape index (κ2) is 8.24. The Balaban J connectivity index is 1.44. The predicted octanol–water partition coefficient (Wildman–Crippen LogP) is 3.90. The number of likely N-dealkylation sites (tertiary alicyclic amines) is 1. The van der Waals surface area contributed by atoms with Crippen molar-refractivity contribution in [3.8, 4) is 5.75 Å². The zero-order valence-corrected chi connectivity index (χ0v) is 15.4. The molecule has 0 aliphatic carbocycles. The summed E-state index contributed by atoms with van der Waals surface area (Å²) in [5.74, 6) is 2.06. The number of nitrogens with zero attached hydrogens (tertiary/aromatic N) is 4. The van der Waals surface area contributed by atoms with E-state index in [1.807, 2.05) is 13.8 Å². The van der Waals surface area contributed by atoms with E-state index in [0.29, 0.717) is 30.8 Å². The highest BCUT2D eigenvalue weighted by Gasteiger charge is 2.32. The summed E-state index contributed by atoms with van der Waals surface area (Å²) < 4.78 is 48.9. The molecule has 0 bridgehead atoms. The van der Waals surface area contributed by atoms with Crippen molar-refractivity contribution in [1.82, 2.24) is 20.0 Å². The van der Waals surface area contributed by atoms with Crippen LogP contribution < -0.4 is 4.74 Å². The zero-order chi connectivity index (χ0) is 19.4. The van der Waals surface area contributed by atoms with Crippen LogP contribution in [0.5, 0.6) is 5.75 Å². The number of aromatic nitrogens is 3. The van der Waals surface area contributed by atoms with Gasteiger partial charge in [0.05, 0.1) is 13.2 Å². The Morgan fingerprint density at radius 3 is 2.67 bits per heavy atom. The van der Waals surface area contributed by atoms with E-state index in [4.69, 9.17) is 9.26 Å². The van der Waals surface area contributed by atoms with Gasteiger partial charge in [-0.25, -0.2) is 0 Å². The van der Waals surface area contributed by atoms with E-state index >= 15 is 0 Å². The predicted molar refractivity (Wildman–Crippen MR) is 91.1 cm³/mol. The third-order valence-electron chi connectivity index (χ3n) is 4.57. The maximum Gasteiger partial charge on any atom is 0.433 e. The quantitative estimate of drug-likeness (QED) is 0.753. The monoisotopic (exact) mass is 384 g/mol. The third kappa shape index (κ3) is 5.41. The summed E-state index contributed by atoms with van der Waals surface area (Å²) in [6, 6.07) is 2.39. The highest BCUT2D eigenvalue weighted by atomic mass is 19.4. The first-order chi connectivity index (χ1) is 12.8. The standard InChI is InChI=1S/C18H23F3N4O2/c1-12(2)17-23-16(27-24-17)10-25-7-4-13(5-8-25)11-26-14-3-6-22-15(9-14)18(19,20)21/h3,6,9,12-13H,4-5,7-8,10-11H2,1-2H3. The van der Waals surface area contributed by atoms with Crippen LogP contribution in [0.15, 0.2) is 22.9 Å². The molecule has 0 amide bonds. The minimum Gasteiger partial charge on any atom is -0.493 e. The van der Waals surface area contributed by atoms with Crippen molar-refractivity contribution in [3.63, 3.8) is 0 Å². The molecule has 9 heteroatoms. The molecule has 1 aliphatic heterocycles. The average Bonchev–Trinajstić information content (AvgIpc) is 3.10. The summed E-state index contributed by atoms with van der Waals surface area (Å²) in [7, 11) is 0. The number of halogens is 3. The van der Waals surface area contributed by atoms with Crippen LogP contribution in [0.25, 0.3) is 0 Å². The van der Waals surface area contributed by atoms with Gasteiger partial charge in [0, 0.05) is 18.2 Å². The Morgan fingerprint density at radius 2 is 2.04 bits per heavy atom. The van der Waals surface area contributed by atoms with E-state index in [1.54, 1.807) is 0 Å². The molecule has 1 aliphatic rings. The lowest BCUT2D eigenvalue weighted by Crippen LogP contribution is -2.35. The van der Waals surface area contributed by atoms with Crippen LogP contribution in [-0.2, 0) is 12.7 Å². The van der Waals surface area contributed by atoms with Crippen molar-refractivity contribution in [2.45, 2.75) is 45.3 Å². The van der Waals surface area contributed by atoms with Crippen LogP contribution in [0.4, 0.5) is 13.2 Å². The summed E-state index contributed by atoms with van der Waals surface area (Å²) in [5.41, 5.74) is -0.935. The van der Waals surface area contributed by atoms with Crippen molar-refractivity contribution >= 4 is 0 Å². The molecule has 1 fully saturated rings. The van der Waals surface area contributed by atoms with Gasteiger partial charge < -0.3 is 9.26 Å². The fraction of sp³-hybridized carbons (Fsp3) is 0.611. The number of pyridine rings is 1. The van der Waals surface area contributed by atoms with Crippen molar-refractivity contribution < 1.29 is 22.4 Å². The second-order valence-electron chi connectivity index (χ2n) is 7.11. The number of ether oxygens (including phenoxy) is 1. The van der Waals surface area contributed by atoms with Crippen LogP contribution in [0.1, 0.15) is 50.0 Å². The molecule has 0 saturated carbocycles. The minimum absolute atomic E-state index is 0.201. The van der Waals surface area contributed by atoms with Crippen molar-refractivity contribution in [2.75, 3.05) is 19.7 Å². The first kappa shape index (κ1) is 19.6. The molecule has 148 valence electrons. The maximum absolute atomic E-state index is 12.7. The fourth-order valence-electron chi connectivity index (χ4n) is 2.94. The summed E-state index contributed by atoms with van der Waals surface area (Å²) in [4.78, 5) is 9.96. The average molecular weight is 384 g/mol. The van der Waals surface area contributed by atoms with Crippen molar-refractivity contribution in [3.05, 3.63) is 35.7 Å². The van der Waals surface area contributed by atoms with Crippen molar-refractivity contribution in [2.24, 2.45) is 5.92 Å². The van der Waals surface area contributed by atoms with E-state index in [0.717, 1.165) is 38.2 Å². The molecule has 0 atom stereocenters. The molecule has 0 spiro atoms. The molecule has 0 unspecified atom stereocenters. The molecular formula is C18H23F3N4O2. The summed E-state index contributed by atoms with van der Waals surface area (Å²) in [6.07, 6.45) is -1.53. The number of hydrogen-bond donors (Lipinski definition) is 0. The molecule has 3 heterocycles. The lowest BCUT2D eigenvalue weighted by molar-refractivity contribution is -0.141. The van der Waals surface area contributed by atoms with Crippen LogP contribution in [0.2, 0.25) is 0 Å². The van der Waals surface area contributed by atoms with Gasteiger partial charge in [-0.2, -0.15) is 18.2 Å². The van der Waals surface area contributed by atoms with Gasteiger partial charge in [-0.1, -0.05) is 19.0 Å². The maximum atomic E-state index is 12.7. The molecule has 0 aromatic carbocycles. The molecular weight excluding hydrogens is 361 g/mol.